The van der Waals surface area contributed by atoms with E-state index >= 15 is 0 Å². The second kappa shape index (κ2) is 11.5. The summed E-state index contributed by atoms with van der Waals surface area (Å²) in [7, 11) is -3.86. The molecule has 1 amide bonds. The number of amides is 1. The van der Waals surface area contributed by atoms with Crippen LogP contribution in [0, 0.1) is 0 Å². The van der Waals surface area contributed by atoms with Gasteiger partial charge in [0.2, 0.25) is 5.13 Å². The molecule has 8 nitrogen and oxygen atoms in total. The van der Waals surface area contributed by atoms with Gasteiger partial charge in [0.05, 0.1) is 22.6 Å². The molecule has 1 heterocycles. The van der Waals surface area contributed by atoms with Gasteiger partial charge in [-0.3, -0.25) is 9.52 Å². The van der Waals surface area contributed by atoms with Crippen molar-refractivity contribution in [1.82, 2.24) is 15.5 Å². The number of benzene rings is 2. The van der Waals surface area contributed by atoms with Gasteiger partial charge in [0.25, 0.3) is 15.9 Å². The molecular formula is C24H27F3N4O4S2. The van der Waals surface area contributed by atoms with Crippen molar-refractivity contribution >= 4 is 32.4 Å². The number of ether oxygens (including phenoxy) is 1. The van der Waals surface area contributed by atoms with Crippen molar-refractivity contribution in [1.29, 1.82) is 0 Å². The molecule has 1 aromatic heterocycles. The maximum Gasteiger partial charge on any atom is 0.416 e. The summed E-state index contributed by atoms with van der Waals surface area (Å²) in [6.07, 6.45) is -4.56. The number of rotatable bonds is 10. The lowest BCUT2D eigenvalue weighted by Gasteiger charge is -2.16. The van der Waals surface area contributed by atoms with E-state index in [-0.39, 0.29) is 46.3 Å². The van der Waals surface area contributed by atoms with Crippen LogP contribution in [0.4, 0.5) is 18.3 Å². The van der Waals surface area contributed by atoms with Crippen LogP contribution in [-0.4, -0.2) is 37.7 Å². The van der Waals surface area contributed by atoms with Crippen LogP contribution in [0.3, 0.4) is 0 Å². The van der Waals surface area contributed by atoms with E-state index in [4.69, 9.17) is 4.74 Å². The normalized spacial score (nSPS) is 12.9. The number of carbonyl (C=O) groups is 1. The van der Waals surface area contributed by atoms with Crippen LogP contribution in [0.1, 0.15) is 66.0 Å². The quantitative estimate of drug-likeness (QED) is 0.345. The number of hydrogen-bond donors (Lipinski definition) is 2. The number of nitrogens with zero attached hydrogens (tertiary/aromatic N) is 2. The Morgan fingerprint density at radius 1 is 1.08 bits per heavy atom. The monoisotopic (exact) mass is 556 g/mol. The van der Waals surface area contributed by atoms with E-state index in [2.05, 4.69) is 20.2 Å². The van der Waals surface area contributed by atoms with E-state index in [0.717, 1.165) is 23.8 Å². The zero-order chi connectivity index (χ0) is 27.4. The zero-order valence-electron chi connectivity index (χ0n) is 20.6. The summed E-state index contributed by atoms with van der Waals surface area (Å²) in [4.78, 5) is 12.7. The molecular weight excluding hydrogens is 529 g/mol. The van der Waals surface area contributed by atoms with Crippen molar-refractivity contribution in [3.05, 3.63) is 64.2 Å². The van der Waals surface area contributed by atoms with E-state index < -0.39 is 27.7 Å². The summed E-state index contributed by atoms with van der Waals surface area (Å²) < 4.78 is 72.1. The van der Waals surface area contributed by atoms with Crippen LogP contribution in [-0.2, 0) is 16.2 Å². The molecule has 3 rings (SSSR count). The number of nitrogens with one attached hydrogen (secondary N) is 2. The standard InChI is InChI=1S/C24H27F3N4O4S2/c1-5-35-20-12-17(24(25,26)27)8-11-19(20)21(32)28-13-15(4)16-6-9-18(10-7-16)37(33,34)31-23-30-29-22(36-23)14(2)3/h6-12,14-15H,5,13H2,1-4H3,(H,28,32)(H,30,31)/t15-/m0/s1. The zero-order valence-corrected chi connectivity index (χ0v) is 22.2. The number of alkyl halides is 3. The Morgan fingerprint density at radius 2 is 1.76 bits per heavy atom. The number of carbonyl (C=O) groups excluding carboxylic acids is 1. The van der Waals surface area contributed by atoms with Gasteiger partial charge in [-0.05, 0) is 48.7 Å². The second-order valence-electron chi connectivity index (χ2n) is 8.53. The smallest absolute Gasteiger partial charge is 0.416 e. The Hall–Kier alpha value is -3.19. The highest BCUT2D eigenvalue weighted by molar-refractivity contribution is 7.93. The molecule has 0 bridgehead atoms. The average molecular weight is 557 g/mol. The minimum absolute atomic E-state index is 0.00753. The molecule has 0 fully saturated rings. The Kier molecular flexibility index (Phi) is 8.80. The molecule has 0 aliphatic carbocycles. The van der Waals surface area contributed by atoms with Crippen LogP contribution >= 0.6 is 11.3 Å². The summed E-state index contributed by atoms with van der Waals surface area (Å²) >= 11 is 1.17. The van der Waals surface area contributed by atoms with E-state index in [1.807, 2.05) is 20.8 Å². The van der Waals surface area contributed by atoms with Crippen molar-refractivity contribution in [2.24, 2.45) is 0 Å². The van der Waals surface area contributed by atoms with E-state index in [0.29, 0.717) is 5.01 Å². The Morgan fingerprint density at radius 3 is 2.32 bits per heavy atom. The van der Waals surface area contributed by atoms with Gasteiger partial charge in [-0.2, -0.15) is 13.2 Å². The fourth-order valence-electron chi connectivity index (χ4n) is 3.28. The van der Waals surface area contributed by atoms with Crippen LogP contribution in [0.25, 0.3) is 0 Å². The largest absolute Gasteiger partial charge is 0.493 e. The van der Waals surface area contributed by atoms with Crippen LogP contribution in [0.2, 0.25) is 0 Å². The third kappa shape index (κ3) is 7.19. The molecule has 3 aromatic rings. The fraction of sp³-hybridized carbons (Fsp3) is 0.375. The van der Waals surface area contributed by atoms with Crippen LogP contribution in [0.5, 0.6) is 5.75 Å². The highest BCUT2D eigenvalue weighted by Crippen LogP contribution is 2.33. The molecule has 1 atom stereocenters. The lowest BCUT2D eigenvalue weighted by molar-refractivity contribution is -0.137. The van der Waals surface area contributed by atoms with E-state index in [1.165, 1.54) is 23.5 Å². The van der Waals surface area contributed by atoms with Crippen molar-refractivity contribution in [2.75, 3.05) is 17.9 Å². The molecule has 13 heteroatoms. The summed E-state index contributed by atoms with van der Waals surface area (Å²) in [5.41, 5.74) is -0.154. The van der Waals surface area contributed by atoms with Crippen molar-refractivity contribution < 1.29 is 31.1 Å². The van der Waals surface area contributed by atoms with Gasteiger partial charge in [-0.1, -0.05) is 44.2 Å². The molecule has 2 aromatic carbocycles. The molecule has 2 N–H and O–H groups in total. The first-order chi connectivity index (χ1) is 17.3. The number of sulfonamides is 1. The summed E-state index contributed by atoms with van der Waals surface area (Å²) in [6, 6.07) is 8.89. The van der Waals surface area contributed by atoms with Gasteiger partial charge in [-0.15, -0.1) is 10.2 Å². The second-order valence-corrected chi connectivity index (χ2v) is 11.2. The molecule has 0 radical (unpaired) electrons. The third-order valence-corrected chi connectivity index (χ3v) is 7.96. The minimum Gasteiger partial charge on any atom is -0.493 e. The number of anilines is 1. The predicted octanol–water partition coefficient (Wildman–Crippen LogP) is 5.41. The average Bonchev–Trinajstić information content (AvgIpc) is 3.30. The highest BCUT2D eigenvalue weighted by atomic mass is 32.2. The molecule has 0 aliphatic rings. The van der Waals surface area contributed by atoms with Crippen LogP contribution < -0.4 is 14.8 Å². The van der Waals surface area contributed by atoms with Crippen molar-refractivity contribution in [3.8, 4) is 5.75 Å². The molecule has 200 valence electrons. The summed E-state index contributed by atoms with van der Waals surface area (Å²) in [5, 5.41) is 11.4. The first-order valence-electron chi connectivity index (χ1n) is 11.4. The molecule has 0 saturated carbocycles. The number of halogens is 3. The van der Waals surface area contributed by atoms with E-state index in [1.54, 1.807) is 19.1 Å². The maximum absolute atomic E-state index is 13.0. The number of aromatic nitrogens is 2. The first kappa shape index (κ1) is 28.4. The molecule has 0 unspecified atom stereocenters. The lowest BCUT2D eigenvalue weighted by atomic mass is 10.0. The van der Waals surface area contributed by atoms with E-state index in [9.17, 15) is 26.4 Å². The van der Waals surface area contributed by atoms with Gasteiger partial charge >= 0.3 is 6.18 Å². The SMILES string of the molecule is CCOc1cc(C(F)(F)F)ccc1C(=O)NC[C@H](C)c1ccc(S(=O)(=O)Nc2nnc(C(C)C)s2)cc1. The molecule has 37 heavy (non-hydrogen) atoms. The molecule has 0 spiro atoms. The lowest BCUT2D eigenvalue weighted by Crippen LogP contribution is -2.28. The summed E-state index contributed by atoms with van der Waals surface area (Å²) in [5.74, 6) is -0.817. The number of hydrogen-bond acceptors (Lipinski definition) is 7. The summed E-state index contributed by atoms with van der Waals surface area (Å²) in [6.45, 7) is 7.57. The van der Waals surface area contributed by atoms with Crippen molar-refractivity contribution in [2.45, 2.75) is 50.6 Å². The Bertz CT molecular complexity index is 1340. The van der Waals surface area contributed by atoms with Gasteiger partial charge in [-0.25, -0.2) is 8.42 Å². The fourth-order valence-corrected chi connectivity index (χ4v) is 5.25. The third-order valence-electron chi connectivity index (χ3n) is 5.34. The van der Waals surface area contributed by atoms with Crippen molar-refractivity contribution in [3.63, 3.8) is 0 Å². The molecule has 0 aliphatic heterocycles. The minimum atomic E-state index is -4.56. The Balaban J connectivity index is 1.65. The van der Waals surface area contributed by atoms with Gasteiger partial charge < -0.3 is 10.1 Å². The first-order valence-corrected chi connectivity index (χ1v) is 13.7. The predicted molar refractivity (Wildman–Crippen MR) is 135 cm³/mol. The highest BCUT2D eigenvalue weighted by Gasteiger charge is 2.32. The maximum atomic E-state index is 13.0. The van der Waals surface area contributed by atoms with Crippen LogP contribution in [0.15, 0.2) is 47.4 Å². The molecule has 0 saturated heterocycles. The van der Waals surface area contributed by atoms with Gasteiger partial charge in [0.1, 0.15) is 10.8 Å². The Labute approximate surface area is 217 Å². The van der Waals surface area contributed by atoms with Gasteiger partial charge in [0.15, 0.2) is 0 Å². The van der Waals surface area contributed by atoms with Gasteiger partial charge in [0, 0.05) is 12.5 Å². The topological polar surface area (TPSA) is 110 Å².